The van der Waals surface area contributed by atoms with Crippen molar-refractivity contribution in [2.45, 2.75) is 65.2 Å². The summed E-state index contributed by atoms with van der Waals surface area (Å²) in [5.41, 5.74) is 3.75. The zero-order valence-corrected chi connectivity index (χ0v) is 28.4. The van der Waals surface area contributed by atoms with Gasteiger partial charge in [-0.15, -0.1) is 23.7 Å². The molecule has 0 saturated heterocycles. The summed E-state index contributed by atoms with van der Waals surface area (Å²) in [7, 11) is 0. The minimum atomic E-state index is -0.00189. The Morgan fingerprint density at radius 2 is 1.04 bits per heavy atom. The lowest BCUT2D eigenvalue weighted by atomic mass is 10.0. The summed E-state index contributed by atoms with van der Waals surface area (Å²) in [4.78, 5) is 40.4. The van der Waals surface area contributed by atoms with Crippen molar-refractivity contribution in [1.82, 2.24) is 10.6 Å². The monoisotopic (exact) mass is 644 g/mol. The van der Waals surface area contributed by atoms with Crippen LogP contribution in [0.5, 0.6) is 0 Å². The van der Waals surface area contributed by atoms with Gasteiger partial charge in [-0.1, -0.05) is 91.7 Å². The summed E-state index contributed by atoms with van der Waals surface area (Å²) in [6.45, 7) is 9.17. The number of nitrogens with one attached hydrogen (secondary N) is 2. The highest BCUT2D eigenvalue weighted by molar-refractivity contribution is 6.07. The summed E-state index contributed by atoms with van der Waals surface area (Å²) < 4.78 is 0. The fourth-order valence-corrected chi connectivity index (χ4v) is 4.75. The minimum Gasteiger partial charge on any atom is -0.352 e. The van der Waals surface area contributed by atoms with E-state index < -0.39 is 0 Å². The maximum Gasteiger partial charge on any atom is 0.251 e. The molecule has 0 aromatic heterocycles. The maximum atomic E-state index is 12.3. The molecule has 0 spiro atoms. The third kappa shape index (κ3) is 15.7. The van der Waals surface area contributed by atoms with Crippen LogP contribution >= 0.6 is 0 Å². The molecule has 0 saturated carbocycles. The molecule has 0 fully saturated rings. The highest BCUT2D eigenvalue weighted by atomic mass is 16.2. The van der Waals surface area contributed by atoms with Gasteiger partial charge in [0.1, 0.15) is 13.6 Å². The lowest BCUT2D eigenvalue weighted by Gasteiger charge is -2.07. The van der Waals surface area contributed by atoms with Crippen LogP contribution in [0.2, 0.25) is 0 Å². The Labute approximate surface area is 286 Å². The molecule has 4 aromatic carbocycles. The van der Waals surface area contributed by atoms with Gasteiger partial charge in [-0.25, -0.2) is 0 Å². The zero-order chi connectivity index (χ0) is 35.2. The third-order valence-electron chi connectivity index (χ3n) is 7.17. The number of amides is 2. The molecule has 0 atom stereocenters. The molecule has 2 N–H and O–H groups in total. The number of hydrogen-bond donors (Lipinski definition) is 2. The molecule has 2 amide bonds. The van der Waals surface area contributed by atoms with E-state index in [9.17, 15) is 9.59 Å². The standard InChI is InChI=1S/C21H23NO.C19H21NO.2CH2O/c1-2-3-4-5-6-10-17-22-21(23)20-15-13-19(14-16-20)18-11-8-7-9-12-18;1-2-3-4-5-6-9-15-20-19(21)18-14-10-12-16-11-7-8-13-17(16)18;2*1-2/h7-9,11-16H,4-6,10,17H2,1H3,(H,22,23);7-8,10-14H,4-6,9,15H2,1H3,(H,20,21);2*1H2. The number of benzene rings is 4. The van der Waals surface area contributed by atoms with Crippen LogP contribution in [-0.4, -0.2) is 38.5 Å². The van der Waals surface area contributed by atoms with Crippen LogP contribution in [-0.2, 0) is 9.59 Å². The van der Waals surface area contributed by atoms with Crippen molar-refractivity contribution >= 4 is 36.2 Å². The second kappa shape index (κ2) is 26.7. The number of fused-ring (bicyclic) bond motifs is 1. The van der Waals surface area contributed by atoms with Crippen molar-refractivity contribution in [2.75, 3.05) is 13.1 Å². The second-order valence-corrected chi connectivity index (χ2v) is 10.5. The fourth-order valence-electron chi connectivity index (χ4n) is 4.75. The molecule has 6 nitrogen and oxygen atoms in total. The number of hydrogen-bond acceptors (Lipinski definition) is 4. The van der Waals surface area contributed by atoms with Gasteiger partial charge >= 0.3 is 0 Å². The van der Waals surface area contributed by atoms with E-state index in [-0.39, 0.29) is 11.8 Å². The largest absolute Gasteiger partial charge is 0.352 e. The lowest BCUT2D eigenvalue weighted by molar-refractivity contribution is -0.0987. The van der Waals surface area contributed by atoms with E-state index in [1.54, 1.807) is 0 Å². The molecule has 48 heavy (non-hydrogen) atoms. The quantitative estimate of drug-likeness (QED) is 0.113. The number of unbranched alkanes of at least 4 members (excludes halogenated alkanes) is 6. The summed E-state index contributed by atoms with van der Waals surface area (Å²) >= 11 is 0. The van der Waals surface area contributed by atoms with Crippen LogP contribution in [0, 0.1) is 23.7 Å². The smallest absolute Gasteiger partial charge is 0.251 e. The first-order valence-corrected chi connectivity index (χ1v) is 16.2. The van der Waals surface area contributed by atoms with E-state index >= 15 is 0 Å². The molecule has 0 aliphatic rings. The van der Waals surface area contributed by atoms with Crippen molar-refractivity contribution in [3.05, 3.63) is 108 Å². The molecule has 4 aromatic rings. The normalized spacial score (nSPS) is 9.21. The van der Waals surface area contributed by atoms with Gasteiger partial charge in [-0.2, -0.15) is 0 Å². The van der Waals surface area contributed by atoms with Gasteiger partial charge in [-0.3, -0.25) is 9.59 Å². The molecule has 0 radical (unpaired) electrons. The predicted octanol–water partition coefficient (Wildman–Crippen LogP) is 8.45. The van der Waals surface area contributed by atoms with Crippen molar-refractivity contribution in [3.8, 4) is 34.8 Å². The Bertz CT molecular complexity index is 1600. The Kier molecular flexibility index (Phi) is 22.6. The third-order valence-corrected chi connectivity index (χ3v) is 7.17. The Morgan fingerprint density at radius 1 is 0.542 bits per heavy atom. The van der Waals surface area contributed by atoms with Crippen LogP contribution in [0.3, 0.4) is 0 Å². The Balaban J connectivity index is 0.000000436. The first-order chi connectivity index (χ1) is 23.6. The van der Waals surface area contributed by atoms with E-state index in [1.165, 1.54) is 0 Å². The highest BCUT2D eigenvalue weighted by Gasteiger charge is 2.08. The number of rotatable bonds is 13. The first-order valence-electron chi connectivity index (χ1n) is 16.2. The van der Waals surface area contributed by atoms with Gasteiger partial charge in [0.05, 0.1) is 0 Å². The van der Waals surface area contributed by atoms with Crippen molar-refractivity contribution in [2.24, 2.45) is 0 Å². The SMILES string of the molecule is C=O.C=O.CC#CCCCCCNC(=O)c1ccc(-c2ccccc2)cc1.CC#CCCCCCNC(=O)c1cccc2ccccc12. The number of carbonyl (C=O) groups excluding carboxylic acids is 4. The van der Waals surface area contributed by atoms with Crippen LogP contribution in [0.4, 0.5) is 0 Å². The molecule has 0 aliphatic carbocycles. The van der Waals surface area contributed by atoms with Crippen LogP contribution in [0.15, 0.2) is 97.1 Å². The van der Waals surface area contributed by atoms with Gasteiger partial charge in [0.25, 0.3) is 11.8 Å². The maximum absolute atomic E-state index is 12.3. The van der Waals surface area contributed by atoms with E-state index in [4.69, 9.17) is 9.59 Å². The summed E-state index contributed by atoms with van der Waals surface area (Å²) in [6.07, 6.45) is 8.31. The zero-order valence-electron chi connectivity index (χ0n) is 28.4. The topological polar surface area (TPSA) is 92.3 Å². The first kappa shape index (κ1) is 40.6. The van der Waals surface area contributed by atoms with Crippen LogP contribution in [0.1, 0.15) is 85.9 Å². The van der Waals surface area contributed by atoms with E-state index in [0.29, 0.717) is 5.56 Å². The molecule has 250 valence electrons. The van der Waals surface area contributed by atoms with Crippen LogP contribution < -0.4 is 10.6 Å². The molecule has 4 rings (SSSR count). The van der Waals surface area contributed by atoms with Gasteiger partial charge in [0.2, 0.25) is 0 Å². The molecule has 0 unspecified atom stereocenters. The van der Waals surface area contributed by atoms with Crippen molar-refractivity contribution in [1.29, 1.82) is 0 Å². The van der Waals surface area contributed by atoms with E-state index in [2.05, 4.69) is 46.4 Å². The average Bonchev–Trinajstić information content (AvgIpc) is 3.16. The Hall–Kier alpha value is -5.46. The Morgan fingerprint density at radius 3 is 1.62 bits per heavy atom. The van der Waals surface area contributed by atoms with Gasteiger partial charge in [-0.05, 0) is 79.6 Å². The minimum absolute atomic E-state index is 0.00189. The molecule has 0 bridgehead atoms. The molecule has 0 heterocycles. The molecular formula is C42H48N2O4. The fraction of sp³-hybridized carbons (Fsp3) is 0.286. The predicted molar refractivity (Wildman–Crippen MR) is 199 cm³/mol. The van der Waals surface area contributed by atoms with E-state index in [1.807, 2.05) is 112 Å². The molecule has 6 heteroatoms. The van der Waals surface area contributed by atoms with E-state index in [0.717, 1.165) is 91.9 Å². The molecule has 0 aliphatic heterocycles. The average molecular weight is 645 g/mol. The highest BCUT2D eigenvalue weighted by Crippen LogP contribution is 2.20. The van der Waals surface area contributed by atoms with Crippen molar-refractivity contribution < 1.29 is 19.2 Å². The molecular weight excluding hydrogens is 596 g/mol. The van der Waals surface area contributed by atoms with Crippen LogP contribution in [0.25, 0.3) is 21.9 Å². The van der Waals surface area contributed by atoms with Gasteiger partial charge < -0.3 is 20.2 Å². The summed E-state index contributed by atoms with van der Waals surface area (Å²) in [5.74, 6) is 11.9. The summed E-state index contributed by atoms with van der Waals surface area (Å²) in [5, 5.41) is 8.09. The van der Waals surface area contributed by atoms with Crippen molar-refractivity contribution in [3.63, 3.8) is 0 Å². The van der Waals surface area contributed by atoms with Gasteiger partial charge in [0, 0.05) is 37.1 Å². The lowest BCUT2D eigenvalue weighted by Crippen LogP contribution is -2.24. The number of carbonyl (C=O) groups is 4. The van der Waals surface area contributed by atoms with Gasteiger partial charge in [0.15, 0.2) is 0 Å². The summed E-state index contributed by atoms with van der Waals surface area (Å²) in [6, 6.07) is 31.7. The second-order valence-electron chi connectivity index (χ2n) is 10.5.